The predicted molar refractivity (Wildman–Crippen MR) is 102 cm³/mol. The minimum absolute atomic E-state index is 0.0437. The summed E-state index contributed by atoms with van der Waals surface area (Å²) in [7, 11) is 1.62. The van der Waals surface area contributed by atoms with Crippen LogP contribution in [0.15, 0.2) is 42.5 Å². The second kappa shape index (κ2) is 8.06. The molecule has 1 aliphatic rings. The first kappa shape index (κ1) is 17.3. The number of ether oxygens (including phenoxy) is 1. The van der Waals surface area contributed by atoms with Crippen LogP contribution in [0.1, 0.15) is 34.8 Å². The van der Waals surface area contributed by atoms with Gasteiger partial charge in [0.15, 0.2) is 0 Å². The highest BCUT2D eigenvalue weighted by Gasteiger charge is 2.15. The highest BCUT2D eigenvalue weighted by molar-refractivity contribution is 5.94. The van der Waals surface area contributed by atoms with E-state index in [1.807, 2.05) is 0 Å². The largest absolute Gasteiger partial charge is 0.497 e. The minimum atomic E-state index is -0.0437. The van der Waals surface area contributed by atoms with Crippen molar-refractivity contribution >= 4 is 11.6 Å². The average molecular weight is 338 g/mol. The van der Waals surface area contributed by atoms with Crippen LogP contribution in [0.25, 0.3) is 0 Å². The van der Waals surface area contributed by atoms with E-state index in [1.165, 1.54) is 23.2 Å². The third kappa shape index (κ3) is 4.13. The minimum Gasteiger partial charge on any atom is -0.497 e. The fourth-order valence-electron chi connectivity index (χ4n) is 3.38. The maximum absolute atomic E-state index is 12.2. The van der Waals surface area contributed by atoms with E-state index in [1.54, 1.807) is 31.4 Å². The molecular formula is C21H26N2O2. The number of aryl methyl sites for hydroxylation is 1. The Hall–Kier alpha value is -2.49. The molecular weight excluding hydrogens is 312 g/mol. The average Bonchev–Trinajstić information content (AvgIpc) is 2.67. The van der Waals surface area contributed by atoms with Crippen LogP contribution < -0.4 is 15.0 Å². The van der Waals surface area contributed by atoms with Crippen molar-refractivity contribution in [2.75, 3.05) is 31.6 Å². The molecule has 1 N–H and O–H groups in total. The van der Waals surface area contributed by atoms with Crippen LogP contribution in [0.5, 0.6) is 5.75 Å². The molecule has 25 heavy (non-hydrogen) atoms. The number of amides is 1. The Labute approximate surface area is 149 Å². The van der Waals surface area contributed by atoms with Crippen molar-refractivity contribution in [3.05, 3.63) is 59.2 Å². The van der Waals surface area contributed by atoms with Crippen molar-refractivity contribution in [3.8, 4) is 5.75 Å². The number of anilines is 1. The van der Waals surface area contributed by atoms with Crippen molar-refractivity contribution in [2.45, 2.75) is 26.2 Å². The molecule has 4 nitrogen and oxygen atoms in total. The van der Waals surface area contributed by atoms with Crippen LogP contribution in [-0.2, 0) is 12.8 Å². The maximum Gasteiger partial charge on any atom is 0.251 e. The van der Waals surface area contributed by atoms with Gasteiger partial charge in [-0.2, -0.15) is 0 Å². The summed E-state index contributed by atoms with van der Waals surface area (Å²) in [5.41, 5.74) is 4.75. The lowest BCUT2D eigenvalue weighted by Crippen LogP contribution is -2.29. The van der Waals surface area contributed by atoms with Crippen molar-refractivity contribution < 1.29 is 9.53 Å². The Bertz CT molecular complexity index is 725. The normalized spacial score (nSPS) is 13.3. The number of hydrogen-bond donors (Lipinski definition) is 1. The molecule has 0 aromatic heterocycles. The molecule has 0 spiro atoms. The molecule has 1 amide bonds. The molecule has 0 saturated heterocycles. The van der Waals surface area contributed by atoms with Gasteiger partial charge in [0.05, 0.1) is 7.11 Å². The van der Waals surface area contributed by atoms with E-state index < -0.39 is 0 Å². The van der Waals surface area contributed by atoms with Gasteiger partial charge in [0.2, 0.25) is 0 Å². The molecule has 0 atom stereocenters. The zero-order valence-corrected chi connectivity index (χ0v) is 15.0. The second-order valence-corrected chi connectivity index (χ2v) is 6.38. The maximum atomic E-state index is 12.2. The van der Waals surface area contributed by atoms with Gasteiger partial charge in [-0.3, -0.25) is 4.79 Å². The zero-order valence-electron chi connectivity index (χ0n) is 15.0. The number of carbonyl (C=O) groups is 1. The predicted octanol–water partition coefficient (Wildman–Crippen LogP) is 3.44. The molecule has 2 aromatic rings. The van der Waals surface area contributed by atoms with Gasteiger partial charge < -0.3 is 15.0 Å². The molecule has 3 rings (SSSR count). The number of nitrogens with one attached hydrogen (secondary N) is 1. The Balaban J connectivity index is 1.56. The molecule has 0 unspecified atom stereocenters. The first-order valence-electron chi connectivity index (χ1n) is 9.00. The lowest BCUT2D eigenvalue weighted by atomic mass is 9.98. The van der Waals surface area contributed by atoms with Crippen LogP contribution in [0.2, 0.25) is 0 Å². The smallest absolute Gasteiger partial charge is 0.251 e. The summed E-state index contributed by atoms with van der Waals surface area (Å²) in [6, 6.07) is 13.9. The number of rotatable bonds is 6. The third-order valence-corrected chi connectivity index (χ3v) is 4.79. The van der Waals surface area contributed by atoms with Crippen LogP contribution in [0.4, 0.5) is 5.69 Å². The topological polar surface area (TPSA) is 41.6 Å². The van der Waals surface area contributed by atoms with Crippen molar-refractivity contribution in [1.29, 1.82) is 0 Å². The Morgan fingerprint density at radius 1 is 1.20 bits per heavy atom. The first-order valence-corrected chi connectivity index (χ1v) is 9.00. The summed E-state index contributed by atoms with van der Waals surface area (Å²) >= 11 is 0. The summed E-state index contributed by atoms with van der Waals surface area (Å²) in [5.74, 6) is 0.713. The fourth-order valence-corrected chi connectivity index (χ4v) is 3.38. The van der Waals surface area contributed by atoms with Gasteiger partial charge in [-0.05, 0) is 67.6 Å². The summed E-state index contributed by atoms with van der Waals surface area (Å²) in [6.07, 6.45) is 3.22. The third-order valence-electron chi connectivity index (χ3n) is 4.79. The zero-order chi connectivity index (χ0) is 17.6. The Morgan fingerprint density at radius 3 is 2.72 bits per heavy atom. The number of carbonyl (C=O) groups excluding carboxylic acids is 1. The molecule has 2 aromatic carbocycles. The van der Waals surface area contributed by atoms with Gasteiger partial charge in [-0.15, -0.1) is 0 Å². The molecule has 0 radical (unpaired) electrons. The van der Waals surface area contributed by atoms with E-state index in [0.717, 1.165) is 31.7 Å². The first-order chi connectivity index (χ1) is 12.2. The van der Waals surface area contributed by atoms with Gasteiger partial charge >= 0.3 is 0 Å². The molecule has 0 saturated carbocycles. The molecule has 0 fully saturated rings. The summed E-state index contributed by atoms with van der Waals surface area (Å²) in [6.45, 7) is 5.06. The number of benzene rings is 2. The van der Waals surface area contributed by atoms with Crippen molar-refractivity contribution in [1.82, 2.24) is 5.32 Å². The van der Waals surface area contributed by atoms with Crippen molar-refractivity contribution in [2.24, 2.45) is 0 Å². The molecule has 132 valence electrons. The Kier molecular flexibility index (Phi) is 5.59. The van der Waals surface area contributed by atoms with E-state index in [-0.39, 0.29) is 5.91 Å². The van der Waals surface area contributed by atoms with Gasteiger partial charge in [-0.25, -0.2) is 0 Å². The van der Waals surface area contributed by atoms with E-state index >= 15 is 0 Å². The fraction of sp³-hybridized carbons (Fsp3) is 0.381. The monoisotopic (exact) mass is 338 g/mol. The summed E-state index contributed by atoms with van der Waals surface area (Å²) in [5, 5.41) is 2.99. The SMILES string of the molecule is CCN1CCCc2cc(CCNC(=O)c3ccc(OC)cc3)ccc21. The number of methoxy groups -OCH3 is 1. The van der Waals surface area contributed by atoms with Crippen molar-refractivity contribution in [3.63, 3.8) is 0 Å². The van der Waals surface area contributed by atoms with Gasteiger partial charge in [-0.1, -0.05) is 12.1 Å². The van der Waals surface area contributed by atoms with E-state index in [9.17, 15) is 4.79 Å². The number of nitrogens with zero attached hydrogens (tertiary/aromatic N) is 1. The molecule has 0 aliphatic carbocycles. The van der Waals surface area contributed by atoms with Crippen LogP contribution >= 0.6 is 0 Å². The molecule has 1 heterocycles. The van der Waals surface area contributed by atoms with Crippen LogP contribution in [0.3, 0.4) is 0 Å². The van der Waals surface area contributed by atoms with Crippen LogP contribution in [-0.4, -0.2) is 32.7 Å². The Morgan fingerprint density at radius 2 is 2.00 bits per heavy atom. The highest BCUT2D eigenvalue weighted by Crippen LogP contribution is 2.27. The molecule has 4 heteroatoms. The lowest BCUT2D eigenvalue weighted by Gasteiger charge is -2.30. The number of hydrogen-bond acceptors (Lipinski definition) is 3. The van der Waals surface area contributed by atoms with E-state index in [2.05, 4.69) is 35.3 Å². The quantitative estimate of drug-likeness (QED) is 0.877. The highest BCUT2D eigenvalue weighted by atomic mass is 16.5. The van der Waals surface area contributed by atoms with Gasteiger partial charge in [0.25, 0.3) is 5.91 Å². The molecule has 0 bridgehead atoms. The van der Waals surface area contributed by atoms with Gasteiger partial charge in [0.1, 0.15) is 5.75 Å². The van der Waals surface area contributed by atoms with Gasteiger partial charge in [0, 0.05) is 30.9 Å². The standard InChI is InChI=1S/C21H26N2O2/c1-3-23-14-4-5-18-15-16(6-11-20(18)23)12-13-22-21(24)17-7-9-19(25-2)10-8-17/h6-11,15H,3-5,12-14H2,1-2H3,(H,22,24). The van der Waals surface area contributed by atoms with E-state index in [0.29, 0.717) is 12.1 Å². The lowest BCUT2D eigenvalue weighted by molar-refractivity contribution is 0.0954. The van der Waals surface area contributed by atoms with E-state index in [4.69, 9.17) is 4.74 Å². The summed E-state index contributed by atoms with van der Waals surface area (Å²) in [4.78, 5) is 14.6. The molecule has 1 aliphatic heterocycles. The number of fused-ring (bicyclic) bond motifs is 1. The van der Waals surface area contributed by atoms with Crippen LogP contribution in [0, 0.1) is 0 Å². The second-order valence-electron chi connectivity index (χ2n) is 6.38. The summed E-state index contributed by atoms with van der Waals surface area (Å²) < 4.78 is 5.11.